The topological polar surface area (TPSA) is 29.1 Å². The van der Waals surface area contributed by atoms with Crippen LogP contribution in [0.15, 0.2) is 24.3 Å². The van der Waals surface area contributed by atoms with Gasteiger partial charge in [0.2, 0.25) is 5.91 Å². The van der Waals surface area contributed by atoms with Gasteiger partial charge in [0.15, 0.2) is 0 Å². The number of carbonyl (C=O) groups excluding carboxylic acids is 1. The summed E-state index contributed by atoms with van der Waals surface area (Å²) in [4.78, 5) is 11.4. The van der Waals surface area contributed by atoms with E-state index in [1.807, 2.05) is 12.2 Å². The van der Waals surface area contributed by atoms with Gasteiger partial charge in [-0.1, -0.05) is 58.3 Å². The lowest BCUT2D eigenvalue weighted by Gasteiger charge is -2.07. The van der Waals surface area contributed by atoms with Crippen LogP contribution in [-0.2, 0) is 4.79 Å². The number of rotatable bonds is 9. The van der Waals surface area contributed by atoms with Crippen LogP contribution < -0.4 is 5.32 Å². The fourth-order valence-electron chi connectivity index (χ4n) is 1.31. The average molecular weight is 237 g/mol. The number of hydrogen-bond acceptors (Lipinski definition) is 1. The van der Waals surface area contributed by atoms with Crippen LogP contribution in [-0.4, -0.2) is 12.5 Å². The van der Waals surface area contributed by atoms with E-state index in [4.69, 9.17) is 0 Å². The minimum absolute atomic E-state index is 0.00325. The first-order valence-corrected chi connectivity index (χ1v) is 6.81. The zero-order valence-corrected chi connectivity index (χ0v) is 11.5. The molecule has 0 aliphatic carbocycles. The number of amides is 1. The van der Waals surface area contributed by atoms with Crippen molar-refractivity contribution in [1.29, 1.82) is 0 Å². The molecule has 1 atom stereocenters. The van der Waals surface area contributed by atoms with E-state index >= 15 is 0 Å². The van der Waals surface area contributed by atoms with Crippen LogP contribution in [0, 0.1) is 5.92 Å². The molecule has 0 aromatic rings. The summed E-state index contributed by atoms with van der Waals surface area (Å²) < 4.78 is 0. The van der Waals surface area contributed by atoms with E-state index in [0.717, 1.165) is 19.4 Å². The Labute approximate surface area is 106 Å². The summed E-state index contributed by atoms with van der Waals surface area (Å²) >= 11 is 0. The Morgan fingerprint density at radius 3 is 2.65 bits per heavy atom. The van der Waals surface area contributed by atoms with Gasteiger partial charge in [0.1, 0.15) is 0 Å². The number of hydrogen-bond donors (Lipinski definition) is 1. The highest BCUT2D eigenvalue weighted by atomic mass is 16.1. The summed E-state index contributed by atoms with van der Waals surface area (Å²) in [5.74, 6) is 0.556. The molecule has 1 amide bonds. The SMILES string of the molecule is CCCCCC=CC=CC(=O)NC[C@H](C)CC. The third-order valence-corrected chi connectivity index (χ3v) is 2.79. The molecule has 0 saturated carbocycles. The van der Waals surface area contributed by atoms with Gasteiger partial charge in [0, 0.05) is 12.6 Å². The molecule has 0 aromatic carbocycles. The second-order valence-corrected chi connectivity index (χ2v) is 4.54. The van der Waals surface area contributed by atoms with Crippen molar-refractivity contribution in [2.24, 2.45) is 5.92 Å². The lowest BCUT2D eigenvalue weighted by Crippen LogP contribution is -2.26. The molecule has 0 aliphatic heterocycles. The molecular weight excluding hydrogens is 210 g/mol. The van der Waals surface area contributed by atoms with Crippen LogP contribution in [0.5, 0.6) is 0 Å². The maximum Gasteiger partial charge on any atom is 0.243 e. The lowest BCUT2D eigenvalue weighted by molar-refractivity contribution is -0.116. The highest BCUT2D eigenvalue weighted by Crippen LogP contribution is 1.99. The quantitative estimate of drug-likeness (QED) is 0.368. The molecule has 0 bridgehead atoms. The van der Waals surface area contributed by atoms with E-state index in [0.29, 0.717) is 5.92 Å². The molecule has 0 aromatic heterocycles. The van der Waals surface area contributed by atoms with Crippen molar-refractivity contribution in [3.63, 3.8) is 0 Å². The van der Waals surface area contributed by atoms with Gasteiger partial charge in [0.25, 0.3) is 0 Å². The smallest absolute Gasteiger partial charge is 0.243 e. The molecule has 0 rings (SSSR count). The molecule has 0 radical (unpaired) electrons. The largest absolute Gasteiger partial charge is 0.352 e. The Hall–Kier alpha value is -1.05. The predicted octanol–water partition coefficient (Wildman–Crippen LogP) is 3.84. The van der Waals surface area contributed by atoms with E-state index in [2.05, 4.69) is 32.2 Å². The predicted molar refractivity (Wildman–Crippen MR) is 74.9 cm³/mol. The second-order valence-electron chi connectivity index (χ2n) is 4.54. The van der Waals surface area contributed by atoms with Crippen LogP contribution in [0.3, 0.4) is 0 Å². The van der Waals surface area contributed by atoms with Crippen molar-refractivity contribution in [1.82, 2.24) is 5.32 Å². The molecule has 98 valence electrons. The van der Waals surface area contributed by atoms with Crippen LogP contribution in [0.25, 0.3) is 0 Å². The minimum atomic E-state index is 0.00325. The monoisotopic (exact) mass is 237 g/mol. The number of carbonyl (C=O) groups is 1. The van der Waals surface area contributed by atoms with Gasteiger partial charge in [-0.25, -0.2) is 0 Å². The van der Waals surface area contributed by atoms with Crippen molar-refractivity contribution in [2.45, 2.75) is 52.9 Å². The summed E-state index contributed by atoms with van der Waals surface area (Å²) in [5.41, 5.74) is 0. The molecule has 0 aliphatic rings. The maximum absolute atomic E-state index is 11.4. The summed E-state index contributed by atoms with van der Waals surface area (Å²) in [6.45, 7) is 7.23. The van der Waals surface area contributed by atoms with Crippen molar-refractivity contribution in [3.05, 3.63) is 24.3 Å². The minimum Gasteiger partial charge on any atom is -0.352 e. The Kier molecular flexibility index (Phi) is 10.7. The van der Waals surface area contributed by atoms with Crippen LogP contribution in [0.1, 0.15) is 52.9 Å². The molecule has 0 unspecified atom stereocenters. The Morgan fingerprint density at radius 2 is 2.00 bits per heavy atom. The van der Waals surface area contributed by atoms with Crippen molar-refractivity contribution >= 4 is 5.91 Å². The first-order valence-electron chi connectivity index (χ1n) is 6.81. The average Bonchev–Trinajstić information content (AvgIpc) is 2.34. The molecule has 2 nitrogen and oxygen atoms in total. The Bertz CT molecular complexity index is 243. The van der Waals surface area contributed by atoms with Gasteiger partial charge in [0.05, 0.1) is 0 Å². The van der Waals surface area contributed by atoms with Crippen LogP contribution in [0.2, 0.25) is 0 Å². The van der Waals surface area contributed by atoms with Gasteiger partial charge in [-0.2, -0.15) is 0 Å². The summed E-state index contributed by atoms with van der Waals surface area (Å²) in [7, 11) is 0. The molecule has 2 heteroatoms. The molecule has 1 N–H and O–H groups in total. The normalized spacial score (nSPS) is 13.4. The van der Waals surface area contributed by atoms with Gasteiger partial charge < -0.3 is 5.32 Å². The van der Waals surface area contributed by atoms with Gasteiger partial charge in [-0.15, -0.1) is 0 Å². The molecule has 0 fully saturated rings. The zero-order chi connectivity index (χ0) is 12.9. The Balaban J connectivity index is 3.59. The van der Waals surface area contributed by atoms with Gasteiger partial charge in [-0.05, 0) is 18.8 Å². The standard InChI is InChI=1S/C15H27NO/c1-4-6-7-8-9-10-11-12-15(17)16-13-14(3)5-2/h9-12,14H,4-8,13H2,1-3H3,(H,16,17)/t14-/m1/s1. The number of unbranched alkanes of at least 4 members (excludes halogenated alkanes) is 3. The van der Waals surface area contributed by atoms with Crippen LogP contribution in [0.4, 0.5) is 0 Å². The van der Waals surface area contributed by atoms with Crippen LogP contribution >= 0.6 is 0 Å². The highest BCUT2D eigenvalue weighted by molar-refractivity contribution is 5.87. The van der Waals surface area contributed by atoms with Crippen molar-refractivity contribution in [2.75, 3.05) is 6.54 Å². The third kappa shape index (κ3) is 11.2. The van der Waals surface area contributed by atoms with E-state index in [9.17, 15) is 4.79 Å². The van der Waals surface area contributed by atoms with E-state index in [1.165, 1.54) is 19.3 Å². The van der Waals surface area contributed by atoms with Gasteiger partial charge in [-0.3, -0.25) is 4.79 Å². The van der Waals surface area contributed by atoms with E-state index in [1.54, 1.807) is 6.08 Å². The first-order chi connectivity index (χ1) is 8.20. The molecule has 17 heavy (non-hydrogen) atoms. The molecule has 0 heterocycles. The first kappa shape index (κ1) is 16.0. The molecule has 0 saturated heterocycles. The fraction of sp³-hybridized carbons (Fsp3) is 0.667. The maximum atomic E-state index is 11.4. The molecule has 0 spiro atoms. The Morgan fingerprint density at radius 1 is 1.24 bits per heavy atom. The van der Waals surface area contributed by atoms with Gasteiger partial charge >= 0.3 is 0 Å². The fourth-order valence-corrected chi connectivity index (χ4v) is 1.31. The lowest BCUT2D eigenvalue weighted by atomic mass is 10.1. The summed E-state index contributed by atoms with van der Waals surface area (Å²) in [5, 5.41) is 2.88. The highest BCUT2D eigenvalue weighted by Gasteiger charge is 1.99. The summed E-state index contributed by atoms with van der Waals surface area (Å²) in [6, 6.07) is 0. The summed E-state index contributed by atoms with van der Waals surface area (Å²) in [6.07, 6.45) is 13.5. The van der Waals surface area contributed by atoms with Crippen molar-refractivity contribution < 1.29 is 4.79 Å². The third-order valence-electron chi connectivity index (χ3n) is 2.79. The van der Waals surface area contributed by atoms with E-state index < -0.39 is 0 Å². The van der Waals surface area contributed by atoms with E-state index in [-0.39, 0.29) is 5.91 Å². The van der Waals surface area contributed by atoms with Crippen molar-refractivity contribution in [3.8, 4) is 0 Å². The number of allylic oxidation sites excluding steroid dienone is 3. The second kappa shape index (κ2) is 11.4. The molecular formula is C15H27NO. The zero-order valence-electron chi connectivity index (χ0n) is 11.5. The number of nitrogens with one attached hydrogen (secondary N) is 1.